The predicted octanol–water partition coefficient (Wildman–Crippen LogP) is 0.643. The molecule has 0 aliphatic rings. The van der Waals surface area contributed by atoms with Gasteiger partial charge in [-0.15, -0.1) is 0 Å². The van der Waals surface area contributed by atoms with Gasteiger partial charge in [-0.3, -0.25) is 4.79 Å². The van der Waals surface area contributed by atoms with Gasteiger partial charge in [0.25, 0.3) is 0 Å². The lowest BCUT2D eigenvalue weighted by atomic mass is 10.1. The largest absolute Gasteiger partial charge is 0.478 e. The number of carboxylic acid groups (broad SMARTS) is 1. The number of carbonyl (C=O) groups excluding carboxylic acids is 1. The molecule has 0 radical (unpaired) electrons. The Balaban J connectivity index is 2.86. The summed E-state index contributed by atoms with van der Waals surface area (Å²) in [6, 6.07) is 4.14. The minimum atomic E-state index is -1.03. The third-order valence-corrected chi connectivity index (χ3v) is 2.21. The molecule has 1 atom stereocenters. The van der Waals surface area contributed by atoms with E-state index in [1.807, 2.05) is 0 Å². The van der Waals surface area contributed by atoms with Gasteiger partial charge >= 0.3 is 5.97 Å². The van der Waals surface area contributed by atoms with Crippen molar-refractivity contribution in [3.05, 3.63) is 23.8 Å². The molecular weight excluding hydrogens is 222 g/mol. The highest BCUT2D eigenvalue weighted by atomic mass is 16.4. The second-order valence-electron chi connectivity index (χ2n) is 3.82. The molecule has 1 aromatic rings. The van der Waals surface area contributed by atoms with Crippen LogP contribution in [0.4, 0.5) is 11.4 Å². The molecule has 17 heavy (non-hydrogen) atoms. The molecule has 1 amide bonds. The van der Waals surface area contributed by atoms with Gasteiger partial charge in [-0.25, -0.2) is 4.79 Å². The molecule has 6 N–H and O–H groups in total. The van der Waals surface area contributed by atoms with Gasteiger partial charge in [0.1, 0.15) is 0 Å². The number of amides is 1. The van der Waals surface area contributed by atoms with Crippen molar-refractivity contribution in [2.24, 2.45) is 5.73 Å². The topological polar surface area (TPSA) is 118 Å². The Labute approximate surface area is 98.6 Å². The molecule has 0 spiro atoms. The molecule has 0 heterocycles. The molecule has 0 aliphatic carbocycles. The summed E-state index contributed by atoms with van der Waals surface area (Å²) in [4.78, 5) is 21.5. The molecule has 1 rings (SSSR count). The Bertz CT molecular complexity index is 446. The number of anilines is 2. The summed E-state index contributed by atoms with van der Waals surface area (Å²) < 4.78 is 0. The van der Waals surface area contributed by atoms with E-state index >= 15 is 0 Å². The van der Waals surface area contributed by atoms with Gasteiger partial charge in [-0.05, 0) is 25.1 Å². The van der Waals surface area contributed by atoms with Gasteiger partial charge in [0.2, 0.25) is 5.91 Å². The van der Waals surface area contributed by atoms with Crippen LogP contribution in [0, 0.1) is 0 Å². The molecule has 0 bridgehead atoms. The molecular formula is C11H15N3O3. The van der Waals surface area contributed by atoms with Crippen LogP contribution >= 0.6 is 0 Å². The summed E-state index contributed by atoms with van der Waals surface area (Å²) >= 11 is 0. The van der Waals surface area contributed by atoms with Gasteiger partial charge in [0.05, 0.1) is 16.9 Å². The van der Waals surface area contributed by atoms with Crippen LogP contribution in [0.5, 0.6) is 0 Å². The SMILES string of the molecule is CC(CC(N)=O)Nc1cc(C(=O)O)ccc1N. The normalized spacial score (nSPS) is 11.8. The Hall–Kier alpha value is -2.24. The van der Waals surface area contributed by atoms with Gasteiger partial charge in [0.15, 0.2) is 0 Å². The molecule has 0 aliphatic heterocycles. The summed E-state index contributed by atoms with van der Waals surface area (Å²) in [5.74, 6) is -1.46. The maximum atomic E-state index is 10.8. The molecule has 0 fully saturated rings. The Morgan fingerprint density at radius 1 is 1.47 bits per heavy atom. The van der Waals surface area contributed by atoms with Crippen molar-refractivity contribution < 1.29 is 14.7 Å². The van der Waals surface area contributed by atoms with Crippen molar-refractivity contribution in [1.82, 2.24) is 0 Å². The average molecular weight is 237 g/mol. The number of hydrogen-bond acceptors (Lipinski definition) is 4. The maximum Gasteiger partial charge on any atom is 0.335 e. The molecule has 1 unspecified atom stereocenters. The van der Waals surface area contributed by atoms with Crippen LogP contribution in [0.2, 0.25) is 0 Å². The van der Waals surface area contributed by atoms with E-state index in [4.69, 9.17) is 16.6 Å². The van der Waals surface area contributed by atoms with E-state index in [0.717, 1.165) is 0 Å². The van der Waals surface area contributed by atoms with E-state index in [1.54, 1.807) is 6.92 Å². The van der Waals surface area contributed by atoms with Crippen molar-refractivity contribution in [3.63, 3.8) is 0 Å². The average Bonchev–Trinajstić information content (AvgIpc) is 2.19. The first-order chi connectivity index (χ1) is 7.90. The smallest absolute Gasteiger partial charge is 0.335 e. The van der Waals surface area contributed by atoms with Gasteiger partial charge in [-0.2, -0.15) is 0 Å². The monoisotopic (exact) mass is 237 g/mol. The lowest BCUT2D eigenvalue weighted by Crippen LogP contribution is -2.24. The molecule has 6 heteroatoms. The summed E-state index contributed by atoms with van der Waals surface area (Å²) in [7, 11) is 0. The van der Waals surface area contributed by atoms with Gasteiger partial charge in [-0.1, -0.05) is 0 Å². The molecule has 0 saturated carbocycles. The fraction of sp³-hybridized carbons (Fsp3) is 0.273. The number of primary amides is 1. The van der Waals surface area contributed by atoms with Crippen molar-refractivity contribution in [1.29, 1.82) is 0 Å². The van der Waals surface area contributed by atoms with E-state index in [-0.39, 0.29) is 18.0 Å². The summed E-state index contributed by atoms with van der Waals surface area (Å²) in [5.41, 5.74) is 11.8. The van der Waals surface area contributed by atoms with Crippen LogP contribution in [0.3, 0.4) is 0 Å². The second kappa shape index (κ2) is 5.20. The van der Waals surface area contributed by atoms with Crippen LogP contribution in [0.15, 0.2) is 18.2 Å². The van der Waals surface area contributed by atoms with Crippen molar-refractivity contribution in [2.45, 2.75) is 19.4 Å². The number of carboxylic acids is 1. The number of rotatable bonds is 5. The maximum absolute atomic E-state index is 10.8. The van der Waals surface area contributed by atoms with Crippen LogP contribution in [-0.4, -0.2) is 23.0 Å². The lowest BCUT2D eigenvalue weighted by Gasteiger charge is -2.15. The highest BCUT2D eigenvalue weighted by Crippen LogP contribution is 2.21. The van der Waals surface area contributed by atoms with Crippen molar-refractivity contribution in [3.8, 4) is 0 Å². The number of carbonyl (C=O) groups is 2. The van der Waals surface area contributed by atoms with Crippen LogP contribution in [0.25, 0.3) is 0 Å². The first-order valence-electron chi connectivity index (χ1n) is 5.08. The summed E-state index contributed by atoms with van der Waals surface area (Å²) in [6.45, 7) is 1.76. The van der Waals surface area contributed by atoms with E-state index < -0.39 is 11.9 Å². The number of benzene rings is 1. The fourth-order valence-corrected chi connectivity index (χ4v) is 1.43. The molecule has 92 valence electrons. The third kappa shape index (κ3) is 3.67. The highest BCUT2D eigenvalue weighted by Gasteiger charge is 2.10. The number of hydrogen-bond donors (Lipinski definition) is 4. The van der Waals surface area contributed by atoms with Crippen LogP contribution in [0.1, 0.15) is 23.7 Å². The van der Waals surface area contributed by atoms with Gasteiger partial charge in [0, 0.05) is 12.5 Å². The standard InChI is InChI=1S/C11H15N3O3/c1-6(4-10(13)15)14-9-5-7(11(16)17)2-3-8(9)12/h2-3,5-6,14H,4,12H2,1H3,(H2,13,15)(H,16,17). The highest BCUT2D eigenvalue weighted by molar-refractivity contribution is 5.90. The minimum absolute atomic E-state index is 0.132. The number of nitrogen functional groups attached to an aromatic ring is 1. The predicted molar refractivity (Wildman–Crippen MR) is 64.7 cm³/mol. The number of nitrogens with one attached hydrogen (secondary N) is 1. The zero-order chi connectivity index (χ0) is 13.0. The van der Waals surface area contributed by atoms with E-state index in [0.29, 0.717) is 11.4 Å². The van der Waals surface area contributed by atoms with Crippen LogP contribution in [-0.2, 0) is 4.79 Å². The quantitative estimate of drug-likeness (QED) is 0.560. The Morgan fingerprint density at radius 3 is 2.65 bits per heavy atom. The van der Waals surface area contributed by atoms with Crippen molar-refractivity contribution >= 4 is 23.3 Å². The first-order valence-corrected chi connectivity index (χ1v) is 5.08. The van der Waals surface area contributed by atoms with Crippen LogP contribution < -0.4 is 16.8 Å². The van der Waals surface area contributed by atoms with E-state index in [2.05, 4.69) is 5.32 Å². The Kier molecular flexibility index (Phi) is 3.92. The fourth-order valence-electron chi connectivity index (χ4n) is 1.43. The molecule has 0 saturated heterocycles. The Morgan fingerprint density at radius 2 is 2.12 bits per heavy atom. The molecule has 0 aromatic heterocycles. The van der Waals surface area contributed by atoms with E-state index in [1.165, 1.54) is 18.2 Å². The van der Waals surface area contributed by atoms with E-state index in [9.17, 15) is 9.59 Å². The number of aromatic carboxylic acids is 1. The summed E-state index contributed by atoms with van der Waals surface area (Å²) in [5, 5.41) is 11.8. The van der Waals surface area contributed by atoms with Gasteiger partial charge < -0.3 is 21.9 Å². The van der Waals surface area contributed by atoms with Crippen molar-refractivity contribution in [2.75, 3.05) is 11.1 Å². The lowest BCUT2D eigenvalue weighted by molar-refractivity contribution is -0.118. The zero-order valence-electron chi connectivity index (χ0n) is 9.43. The molecule has 1 aromatic carbocycles. The minimum Gasteiger partial charge on any atom is -0.478 e. The zero-order valence-corrected chi connectivity index (χ0v) is 9.43. The third-order valence-electron chi connectivity index (χ3n) is 2.21. The second-order valence-corrected chi connectivity index (χ2v) is 3.82. The molecule has 6 nitrogen and oxygen atoms in total. The number of nitrogens with two attached hydrogens (primary N) is 2. The first kappa shape index (κ1) is 12.8. The summed E-state index contributed by atoms with van der Waals surface area (Å²) in [6.07, 6.45) is 0.150.